The molecule has 2 aromatic carbocycles. The normalized spacial score (nSPS) is 10.4. The molecule has 0 amide bonds. The summed E-state index contributed by atoms with van der Waals surface area (Å²) in [6, 6.07) is 9.96. The van der Waals surface area contributed by atoms with Crippen LogP contribution in [0.1, 0.15) is 11.1 Å². The second-order valence-corrected chi connectivity index (χ2v) is 4.54. The molecule has 0 unspecified atom stereocenters. The summed E-state index contributed by atoms with van der Waals surface area (Å²) in [5, 5.41) is 0.537. The lowest BCUT2D eigenvalue weighted by molar-refractivity contribution is 0.472. The number of halogens is 3. The third kappa shape index (κ3) is 2.77. The average molecular weight is 285 g/mol. The van der Waals surface area contributed by atoms with Crippen molar-refractivity contribution in [2.24, 2.45) is 0 Å². The molecular weight excluding hydrogens is 274 g/mol. The number of benzene rings is 2. The summed E-state index contributed by atoms with van der Waals surface area (Å²) < 4.78 is 19.0. The molecule has 4 heteroatoms. The quantitative estimate of drug-likeness (QED) is 0.693. The first kappa shape index (κ1) is 13.2. The number of ether oxygens (including phenoxy) is 1. The Balaban J connectivity index is 2.34. The van der Waals surface area contributed by atoms with E-state index < -0.39 is 0 Å². The zero-order valence-electron chi connectivity index (χ0n) is 9.71. The predicted octanol–water partition coefficient (Wildman–Crippen LogP) is 5.32. The molecule has 0 aliphatic heterocycles. The fraction of sp³-hybridized carbons (Fsp3) is 0.143. The monoisotopic (exact) mass is 284 g/mol. The summed E-state index contributed by atoms with van der Waals surface area (Å²) in [7, 11) is 0. The first-order valence-corrected chi connectivity index (χ1v) is 6.30. The van der Waals surface area contributed by atoms with E-state index in [1.807, 2.05) is 0 Å². The lowest BCUT2D eigenvalue weighted by Crippen LogP contribution is -1.92. The Morgan fingerprint density at radius 1 is 1.22 bits per heavy atom. The van der Waals surface area contributed by atoms with Gasteiger partial charge >= 0.3 is 0 Å². The molecule has 0 aromatic heterocycles. The number of aryl methyl sites for hydroxylation is 1. The van der Waals surface area contributed by atoms with E-state index in [0.29, 0.717) is 27.6 Å². The van der Waals surface area contributed by atoms with Gasteiger partial charge in [-0.2, -0.15) is 0 Å². The van der Waals surface area contributed by atoms with Gasteiger partial charge in [-0.15, -0.1) is 11.6 Å². The zero-order chi connectivity index (χ0) is 13.1. The van der Waals surface area contributed by atoms with Crippen LogP contribution >= 0.6 is 23.2 Å². The maximum absolute atomic E-state index is 13.4. The highest BCUT2D eigenvalue weighted by molar-refractivity contribution is 6.32. The third-order valence-electron chi connectivity index (χ3n) is 2.58. The predicted molar refractivity (Wildman–Crippen MR) is 72.2 cm³/mol. The van der Waals surface area contributed by atoms with Crippen molar-refractivity contribution < 1.29 is 9.13 Å². The Hall–Kier alpha value is -1.25. The Morgan fingerprint density at radius 3 is 2.67 bits per heavy atom. The van der Waals surface area contributed by atoms with E-state index in [0.717, 1.165) is 0 Å². The molecular formula is C14H11Cl2FO. The van der Waals surface area contributed by atoms with Crippen LogP contribution in [0.25, 0.3) is 0 Å². The Kier molecular flexibility index (Phi) is 4.10. The summed E-state index contributed by atoms with van der Waals surface area (Å²) in [6.45, 7) is 1.70. The van der Waals surface area contributed by atoms with Crippen molar-refractivity contribution in [1.29, 1.82) is 0 Å². The molecule has 0 atom stereocenters. The van der Waals surface area contributed by atoms with Crippen LogP contribution in [-0.4, -0.2) is 0 Å². The molecule has 18 heavy (non-hydrogen) atoms. The average Bonchev–Trinajstić information content (AvgIpc) is 2.34. The largest absolute Gasteiger partial charge is 0.457 e. The maximum atomic E-state index is 13.4. The van der Waals surface area contributed by atoms with E-state index in [4.69, 9.17) is 27.9 Å². The summed E-state index contributed by atoms with van der Waals surface area (Å²) in [5.41, 5.74) is 1.27. The summed E-state index contributed by atoms with van der Waals surface area (Å²) in [5.74, 6) is 0.901. The van der Waals surface area contributed by atoms with Crippen LogP contribution in [0.15, 0.2) is 36.4 Å². The molecule has 1 nitrogen and oxygen atoms in total. The molecule has 0 heterocycles. The van der Waals surface area contributed by atoms with Crippen molar-refractivity contribution in [1.82, 2.24) is 0 Å². The Morgan fingerprint density at radius 2 is 2.00 bits per heavy atom. The molecule has 0 bridgehead atoms. The second-order valence-electron chi connectivity index (χ2n) is 3.86. The molecule has 0 N–H and O–H groups in total. The van der Waals surface area contributed by atoms with Crippen LogP contribution in [0.5, 0.6) is 11.5 Å². The zero-order valence-corrected chi connectivity index (χ0v) is 11.2. The smallest absolute Gasteiger partial charge is 0.133 e. The van der Waals surface area contributed by atoms with Crippen molar-refractivity contribution in [2.45, 2.75) is 12.8 Å². The van der Waals surface area contributed by atoms with E-state index in [-0.39, 0.29) is 11.7 Å². The van der Waals surface area contributed by atoms with Gasteiger partial charge in [-0.1, -0.05) is 23.7 Å². The Labute approximate surface area is 115 Å². The molecule has 0 saturated heterocycles. The lowest BCUT2D eigenvalue weighted by Gasteiger charge is -2.11. The summed E-state index contributed by atoms with van der Waals surface area (Å²) in [6.07, 6.45) is 0. The number of hydrogen-bond donors (Lipinski definition) is 0. The number of rotatable bonds is 3. The Bertz CT molecular complexity index is 570. The molecule has 2 rings (SSSR count). The summed E-state index contributed by atoms with van der Waals surface area (Å²) >= 11 is 11.8. The SMILES string of the molecule is Cc1ccc(Oc2cccc(Cl)c2CCl)cc1F. The van der Waals surface area contributed by atoms with E-state index in [9.17, 15) is 4.39 Å². The molecule has 0 aliphatic carbocycles. The van der Waals surface area contributed by atoms with Crippen LogP contribution in [0.4, 0.5) is 4.39 Å². The van der Waals surface area contributed by atoms with Gasteiger partial charge in [-0.25, -0.2) is 4.39 Å². The molecule has 94 valence electrons. The third-order valence-corrected chi connectivity index (χ3v) is 3.20. The van der Waals surface area contributed by atoms with Gasteiger partial charge in [-0.3, -0.25) is 0 Å². The molecule has 0 fully saturated rings. The molecule has 0 aliphatic rings. The van der Waals surface area contributed by atoms with E-state index in [1.165, 1.54) is 6.07 Å². The van der Waals surface area contributed by atoms with Crippen LogP contribution in [0.3, 0.4) is 0 Å². The van der Waals surface area contributed by atoms with Gasteiger partial charge in [0.15, 0.2) is 0 Å². The van der Waals surface area contributed by atoms with Crippen molar-refractivity contribution in [3.05, 3.63) is 58.4 Å². The minimum atomic E-state index is -0.304. The van der Waals surface area contributed by atoms with Gasteiger partial charge in [0.05, 0.1) is 5.88 Å². The highest BCUT2D eigenvalue weighted by atomic mass is 35.5. The van der Waals surface area contributed by atoms with E-state index in [2.05, 4.69) is 0 Å². The topological polar surface area (TPSA) is 9.23 Å². The maximum Gasteiger partial charge on any atom is 0.133 e. The van der Waals surface area contributed by atoms with Crippen molar-refractivity contribution in [3.8, 4) is 11.5 Å². The van der Waals surface area contributed by atoms with Crippen LogP contribution in [0, 0.1) is 12.7 Å². The van der Waals surface area contributed by atoms with Crippen LogP contribution in [0.2, 0.25) is 5.02 Å². The second kappa shape index (κ2) is 5.59. The van der Waals surface area contributed by atoms with E-state index >= 15 is 0 Å². The van der Waals surface area contributed by atoms with Crippen molar-refractivity contribution >= 4 is 23.2 Å². The van der Waals surface area contributed by atoms with E-state index in [1.54, 1.807) is 37.3 Å². The number of alkyl halides is 1. The minimum Gasteiger partial charge on any atom is -0.457 e. The van der Waals surface area contributed by atoms with Gasteiger partial charge < -0.3 is 4.74 Å². The standard InChI is InChI=1S/C14H11Cl2FO/c1-9-5-6-10(7-13(9)17)18-14-4-2-3-12(16)11(14)8-15/h2-7H,8H2,1H3. The fourth-order valence-electron chi connectivity index (χ4n) is 1.53. The first-order chi connectivity index (χ1) is 8.61. The van der Waals surface area contributed by atoms with Gasteiger partial charge in [0.2, 0.25) is 0 Å². The highest BCUT2D eigenvalue weighted by Gasteiger charge is 2.09. The molecule has 0 saturated carbocycles. The molecule has 0 radical (unpaired) electrons. The van der Waals surface area contributed by atoms with Crippen LogP contribution in [-0.2, 0) is 5.88 Å². The minimum absolute atomic E-state index is 0.239. The fourth-order valence-corrected chi connectivity index (χ4v) is 2.10. The van der Waals surface area contributed by atoms with Gasteiger partial charge in [0.25, 0.3) is 0 Å². The van der Waals surface area contributed by atoms with Gasteiger partial charge in [0.1, 0.15) is 17.3 Å². The van der Waals surface area contributed by atoms with Crippen molar-refractivity contribution in [2.75, 3.05) is 0 Å². The highest BCUT2D eigenvalue weighted by Crippen LogP contribution is 2.32. The molecule has 0 spiro atoms. The number of hydrogen-bond acceptors (Lipinski definition) is 1. The van der Waals surface area contributed by atoms with Gasteiger partial charge in [0, 0.05) is 16.7 Å². The first-order valence-electron chi connectivity index (χ1n) is 5.39. The van der Waals surface area contributed by atoms with Crippen molar-refractivity contribution in [3.63, 3.8) is 0 Å². The molecule has 2 aromatic rings. The van der Waals surface area contributed by atoms with Gasteiger partial charge in [-0.05, 0) is 30.7 Å². The summed E-state index contributed by atoms with van der Waals surface area (Å²) in [4.78, 5) is 0. The van der Waals surface area contributed by atoms with Crippen LogP contribution < -0.4 is 4.74 Å². The lowest BCUT2D eigenvalue weighted by atomic mass is 10.2.